The van der Waals surface area contributed by atoms with Gasteiger partial charge in [0.25, 0.3) is 0 Å². The first-order valence-electron chi connectivity index (χ1n) is 22.8. The average Bonchev–Trinajstić information content (AvgIpc) is 3.86. The molecule has 12 aromatic rings. The second-order valence-corrected chi connectivity index (χ2v) is 21.7. The molecule has 0 saturated heterocycles. The molecule has 0 atom stereocenters. The van der Waals surface area contributed by atoms with Crippen molar-refractivity contribution in [3.8, 4) is 11.8 Å². The summed E-state index contributed by atoms with van der Waals surface area (Å²) in [6.45, 7) is 0. The fraction of sp³-hybridized carbons (Fsp3) is 0.0312. The molecule has 0 fully saturated rings. The number of hydrogen-bond donors (Lipinski definition) is 0. The molecule has 0 aliphatic heterocycles. The molecule has 2 heterocycles. The Labute approximate surface area is 444 Å². The maximum atomic E-state index is 7.18. The van der Waals surface area contributed by atoms with Gasteiger partial charge in [-0.2, -0.15) is 0 Å². The summed E-state index contributed by atoms with van der Waals surface area (Å²) in [5, 5.41) is 16.2. The summed E-state index contributed by atoms with van der Waals surface area (Å²) in [6.07, 6.45) is 14.4. The zero-order valence-corrected chi connectivity index (χ0v) is 44.9. The molecular formula is C64H48Au2N2P2+2. The molecule has 2 aromatic heterocycles. The summed E-state index contributed by atoms with van der Waals surface area (Å²) < 4.78 is 4.36. The van der Waals surface area contributed by atoms with Crippen LogP contribution in [0, 0.1) is 24.7 Å². The van der Waals surface area contributed by atoms with Gasteiger partial charge in [0.15, 0.2) is 0 Å². The van der Waals surface area contributed by atoms with Gasteiger partial charge in [-0.15, -0.1) is 35.4 Å². The van der Waals surface area contributed by atoms with E-state index in [9.17, 15) is 0 Å². The van der Waals surface area contributed by atoms with Gasteiger partial charge in [-0.1, -0.05) is 146 Å². The van der Waals surface area contributed by atoms with Gasteiger partial charge in [0.1, 0.15) is 47.7 Å². The Kier molecular flexibility index (Phi) is 16.4. The molecule has 0 spiro atoms. The fourth-order valence-corrected chi connectivity index (χ4v) is 15.6. The van der Waals surface area contributed by atoms with Crippen molar-refractivity contribution in [1.82, 2.24) is 9.13 Å². The zero-order chi connectivity index (χ0) is 46.4. The van der Waals surface area contributed by atoms with Crippen LogP contribution in [0.1, 0.15) is 11.1 Å². The number of para-hydroxylation sites is 2. The second kappa shape index (κ2) is 23.0. The first-order valence-corrected chi connectivity index (χ1v) is 25.8. The molecule has 0 N–H and O–H groups in total. The van der Waals surface area contributed by atoms with Crippen LogP contribution in [-0.2, 0) is 58.9 Å². The van der Waals surface area contributed by atoms with E-state index >= 15 is 0 Å². The number of hydrogen-bond acceptors (Lipinski definition) is 0. The Morgan fingerprint density at radius 1 is 0.314 bits per heavy atom. The van der Waals surface area contributed by atoms with Crippen LogP contribution in [0.5, 0.6) is 0 Å². The Morgan fingerprint density at radius 3 is 0.929 bits per heavy atom. The molecular weight excluding hydrogens is 1250 g/mol. The smallest absolute Gasteiger partial charge is 0.366 e. The number of nitrogens with zero attached hydrogens (tertiary/aromatic N) is 2. The summed E-state index contributed by atoms with van der Waals surface area (Å²) in [7, 11) is 1.67. The fourth-order valence-electron chi connectivity index (χ4n) is 9.52. The molecule has 0 radical (unpaired) electrons. The van der Waals surface area contributed by atoms with Crippen molar-refractivity contribution in [1.29, 1.82) is 0 Å². The maximum Gasteiger partial charge on any atom is 1.00 e. The monoisotopic (exact) mass is 1300 g/mol. The molecule has 12 rings (SSSR count). The Bertz CT molecular complexity index is 3470. The molecule has 0 unspecified atom stereocenters. The summed E-state index contributed by atoms with van der Waals surface area (Å²) in [5.74, 6) is 4.87. The van der Waals surface area contributed by atoms with E-state index in [0.29, 0.717) is 0 Å². The maximum absolute atomic E-state index is 7.18. The first kappa shape index (κ1) is 49.9. The van der Waals surface area contributed by atoms with E-state index in [1.807, 2.05) is 60.7 Å². The molecule has 0 saturated carbocycles. The average molecular weight is 1300 g/mol. The minimum absolute atomic E-state index is 0. The van der Waals surface area contributed by atoms with Crippen LogP contribution in [0.25, 0.3) is 54.4 Å². The standard InChI is InChI=1S/C34H26P2.2C15H10N.2Au/c1-5-17-29(18-6-1)35(30-19-7-2-8-20-30)33-25-27-15-13-14-16-28(27)26-34(33)36(31-21-9-3-10-22-31)32-23-11-4-12-24-32;2*1-3-11-8-9-15-13(10-11)12-6-4-5-7-14(12)16(15)2;;/h1-26H;2*4-10H,2H3;;/q;2*-1;2*+1/p+2. The van der Waals surface area contributed by atoms with E-state index in [1.165, 1.54) is 86.2 Å². The quantitative estimate of drug-likeness (QED) is 0.0680. The number of fused-ring (bicyclic) bond motifs is 7. The van der Waals surface area contributed by atoms with Crippen molar-refractivity contribution in [2.75, 3.05) is 0 Å². The van der Waals surface area contributed by atoms with Crippen molar-refractivity contribution in [3.63, 3.8) is 0 Å². The molecule has 344 valence electrons. The third-order valence-electron chi connectivity index (χ3n) is 12.8. The van der Waals surface area contributed by atoms with Gasteiger partial charge in [-0.05, 0) is 94.3 Å². The van der Waals surface area contributed by atoms with Gasteiger partial charge in [-0.3, -0.25) is 11.8 Å². The number of aryl methyl sites for hydroxylation is 2. The third-order valence-corrected chi connectivity index (χ3v) is 18.6. The molecule has 70 heavy (non-hydrogen) atoms. The predicted molar refractivity (Wildman–Crippen MR) is 297 cm³/mol. The third kappa shape index (κ3) is 10.2. The molecule has 0 amide bonds. The summed E-state index contributed by atoms with van der Waals surface area (Å²) in [5.41, 5.74) is 6.48. The minimum Gasteiger partial charge on any atom is -0.366 e. The number of aromatic nitrogens is 2. The zero-order valence-electron chi connectivity index (χ0n) is 38.6. The Hall–Kier alpha value is -6.48. The minimum atomic E-state index is -1.23. The van der Waals surface area contributed by atoms with E-state index in [4.69, 9.17) is 12.8 Å². The summed E-state index contributed by atoms with van der Waals surface area (Å²) in [4.78, 5) is 0. The van der Waals surface area contributed by atoms with Gasteiger partial charge in [0.2, 0.25) is 0 Å². The predicted octanol–water partition coefficient (Wildman–Crippen LogP) is 12.4. The van der Waals surface area contributed by atoms with Crippen LogP contribution in [-0.4, -0.2) is 9.13 Å². The van der Waals surface area contributed by atoms with Gasteiger partial charge in [-0.25, -0.2) is 0 Å². The normalized spacial score (nSPS) is 10.7. The van der Waals surface area contributed by atoms with Crippen molar-refractivity contribution in [2.24, 2.45) is 14.1 Å². The topological polar surface area (TPSA) is 9.86 Å². The Balaban J connectivity index is 0.000000160. The molecule has 6 heteroatoms. The molecule has 0 bridgehead atoms. The van der Waals surface area contributed by atoms with Crippen molar-refractivity contribution in [3.05, 3.63) is 267 Å². The van der Waals surface area contributed by atoms with Crippen molar-refractivity contribution >= 4 is 102 Å². The first-order chi connectivity index (χ1) is 33.5. The van der Waals surface area contributed by atoms with Crippen molar-refractivity contribution < 1.29 is 44.8 Å². The van der Waals surface area contributed by atoms with E-state index in [-0.39, 0.29) is 44.8 Å². The van der Waals surface area contributed by atoms with Crippen LogP contribution in [0.4, 0.5) is 0 Å². The van der Waals surface area contributed by atoms with Crippen LogP contribution in [0.2, 0.25) is 0 Å². The van der Waals surface area contributed by atoms with Crippen LogP contribution in [0.15, 0.2) is 243 Å². The SMILES string of the molecule is [Au+].[Au+].[C-]#Cc1ccc2c(c1)c1ccccc1n2C.[C-]#Cc1ccc2c(c1)c1ccccc1n2C.c1ccc([PH+](c2ccccc2)c2cc3ccccc3cc2[PH+](c2ccccc2)c2ccccc2)cc1. The molecule has 0 aliphatic carbocycles. The van der Waals surface area contributed by atoms with Crippen LogP contribution < -0.4 is 31.8 Å². The van der Waals surface area contributed by atoms with Gasteiger partial charge in [0, 0.05) is 46.9 Å². The van der Waals surface area contributed by atoms with E-state index in [2.05, 4.69) is 217 Å². The van der Waals surface area contributed by atoms with Gasteiger partial charge in [0.05, 0.1) is 0 Å². The van der Waals surface area contributed by atoms with Gasteiger partial charge < -0.3 is 22.0 Å². The number of rotatable bonds is 6. The van der Waals surface area contributed by atoms with Gasteiger partial charge >= 0.3 is 44.8 Å². The summed E-state index contributed by atoms with van der Waals surface area (Å²) in [6, 6.07) is 87.0. The number of benzene rings is 10. The van der Waals surface area contributed by atoms with Crippen molar-refractivity contribution in [2.45, 2.75) is 0 Å². The largest absolute Gasteiger partial charge is 1.00 e. The van der Waals surface area contributed by atoms with Crippen LogP contribution in [0.3, 0.4) is 0 Å². The van der Waals surface area contributed by atoms with E-state index < -0.39 is 15.8 Å². The Morgan fingerprint density at radius 2 is 0.600 bits per heavy atom. The molecule has 0 aliphatic rings. The van der Waals surface area contributed by atoms with E-state index in [0.717, 1.165) is 11.1 Å². The molecule has 10 aromatic carbocycles. The van der Waals surface area contributed by atoms with Crippen LogP contribution >= 0.6 is 15.8 Å². The molecule has 2 nitrogen and oxygen atoms in total. The van der Waals surface area contributed by atoms with E-state index in [1.54, 1.807) is 0 Å². The summed E-state index contributed by atoms with van der Waals surface area (Å²) >= 11 is 0. The second-order valence-electron chi connectivity index (χ2n) is 16.8.